The van der Waals surface area contributed by atoms with E-state index >= 15 is 0 Å². The van der Waals surface area contributed by atoms with E-state index in [0.717, 1.165) is 13.1 Å². The topological polar surface area (TPSA) is 79.0 Å². The van der Waals surface area contributed by atoms with E-state index in [1.807, 2.05) is 17.5 Å². The predicted octanol–water partition coefficient (Wildman–Crippen LogP) is 3.93. The van der Waals surface area contributed by atoms with Gasteiger partial charge in [-0.1, -0.05) is 36.4 Å². The Bertz CT molecular complexity index is 1220. The molecular formula is C26H29N3O4S2. The molecule has 1 aliphatic rings. The van der Waals surface area contributed by atoms with Crippen LogP contribution < -0.4 is 9.62 Å². The van der Waals surface area contributed by atoms with Gasteiger partial charge in [0, 0.05) is 30.1 Å². The summed E-state index contributed by atoms with van der Waals surface area (Å²) in [5.41, 5.74) is 0.830. The van der Waals surface area contributed by atoms with Crippen LogP contribution in [0.3, 0.4) is 0 Å². The lowest BCUT2D eigenvalue weighted by molar-refractivity contribution is 0.0169. The summed E-state index contributed by atoms with van der Waals surface area (Å²) in [6, 6.07) is 19.1. The fraction of sp³-hybridized carbons (Fsp3) is 0.269. The minimum atomic E-state index is -3.89. The number of ether oxygens (including phenoxy) is 1. The lowest BCUT2D eigenvalue weighted by Gasteiger charge is -2.34. The van der Waals surface area contributed by atoms with E-state index in [1.54, 1.807) is 47.7 Å². The highest BCUT2D eigenvalue weighted by Gasteiger charge is 2.26. The van der Waals surface area contributed by atoms with E-state index in [-0.39, 0.29) is 23.4 Å². The van der Waals surface area contributed by atoms with Crippen molar-refractivity contribution < 1.29 is 17.9 Å². The summed E-state index contributed by atoms with van der Waals surface area (Å²) >= 11 is 1.66. The highest BCUT2D eigenvalue weighted by atomic mass is 32.2. The van der Waals surface area contributed by atoms with Gasteiger partial charge in [-0.25, -0.2) is 8.42 Å². The summed E-state index contributed by atoms with van der Waals surface area (Å²) in [6.45, 7) is 7.16. The number of benzene rings is 2. The molecule has 1 atom stereocenters. The number of hydrogen-bond donors (Lipinski definition) is 1. The summed E-state index contributed by atoms with van der Waals surface area (Å²) in [5, 5.41) is 5.04. The maximum absolute atomic E-state index is 13.5. The minimum Gasteiger partial charge on any atom is -0.379 e. The van der Waals surface area contributed by atoms with Crippen LogP contribution in [0.4, 0.5) is 5.69 Å². The van der Waals surface area contributed by atoms with Gasteiger partial charge in [0.05, 0.1) is 36.4 Å². The Morgan fingerprint density at radius 3 is 2.57 bits per heavy atom. The third kappa shape index (κ3) is 5.99. The monoisotopic (exact) mass is 511 g/mol. The van der Waals surface area contributed by atoms with Crippen molar-refractivity contribution in [3.8, 4) is 0 Å². The Balaban J connectivity index is 1.52. The number of amides is 1. The fourth-order valence-corrected chi connectivity index (χ4v) is 6.39. The number of sulfonamides is 1. The van der Waals surface area contributed by atoms with Gasteiger partial charge in [0.15, 0.2) is 0 Å². The molecule has 3 aromatic rings. The number of nitrogens with zero attached hydrogens (tertiary/aromatic N) is 2. The first-order valence-corrected chi connectivity index (χ1v) is 13.7. The molecule has 1 amide bonds. The highest BCUT2D eigenvalue weighted by Crippen LogP contribution is 2.26. The van der Waals surface area contributed by atoms with Crippen LogP contribution in [0, 0.1) is 0 Å². The van der Waals surface area contributed by atoms with Gasteiger partial charge in [-0.05, 0) is 41.8 Å². The van der Waals surface area contributed by atoms with Crippen LogP contribution in [0.5, 0.6) is 0 Å². The SMILES string of the molecule is C=CCN(c1ccccc1)S(=O)(=O)c1cccc(C(=O)NC[C@@H](c2cccs2)N2CCOCC2)c1. The maximum atomic E-state index is 13.5. The second kappa shape index (κ2) is 11.6. The first-order valence-electron chi connectivity index (χ1n) is 11.4. The third-order valence-electron chi connectivity index (χ3n) is 5.84. The second-order valence-electron chi connectivity index (χ2n) is 8.08. The molecule has 0 unspecified atom stereocenters. The summed E-state index contributed by atoms with van der Waals surface area (Å²) in [4.78, 5) is 16.6. The lowest BCUT2D eigenvalue weighted by Crippen LogP contribution is -2.43. The number of anilines is 1. The molecule has 35 heavy (non-hydrogen) atoms. The van der Waals surface area contributed by atoms with Crippen LogP contribution in [0.2, 0.25) is 0 Å². The zero-order valence-corrected chi connectivity index (χ0v) is 21.0. The van der Waals surface area contributed by atoms with Crippen LogP contribution in [0.1, 0.15) is 21.3 Å². The number of hydrogen-bond acceptors (Lipinski definition) is 6. The van der Waals surface area contributed by atoms with Crippen LogP contribution >= 0.6 is 11.3 Å². The van der Waals surface area contributed by atoms with E-state index < -0.39 is 10.0 Å². The van der Waals surface area contributed by atoms with Crippen LogP contribution in [0.25, 0.3) is 0 Å². The number of morpholine rings is 1. The minimum absolute atomic E-state index is 0.0379. The molecule has 0 radical (unpaired) electrons. The molecule has 0 saturated carbocycles. The number of carbonyl (C=O) groups is 1. The zero-order valence-electron chi connectivity index (χ0n) is 19.4. The standard InChI is InChI=1S/C26H29N3O4S2/c1-2-13-29(22-9-4-3-5-10-22)35(31,32)23-11-6-8-21(19-23)26(30)27-20-24(25-12-7-18-34-25)28-14-16-33-17-15-28/h2-12,18-19,24H,1,13-17,20H2,(H,27,30)/t24-/m0/s1. The Hall–Kier alpha value is -2.98. The van der Waals surface area contributed by atoms with Gasteiger partial charge >= 0.3 is 0 Å². The van der Waals surface area contributed by atoms with E-state index in [4.69, 9.17) is 4.74 Å². The van der Waals surface area contributed by atoms with E-state index in [0.29, 0.717) is 31.0 Å². The number of carbonyl (C=O) groups excluding carboxylic acids is 1. The van der Waals surface area contributed by atoms with Gasteiger partial charge < -0.3 is 10.1 Å². The van der Waals surface area contributed by atoms with Crippen molar-refractivity contribution in [1.29, 1.82) is 0 Å². The third-order valence-corrected chi connectivity index (χ3v) is 8.60. The molecule has 4 rings (SSSR count). The van der Waals surface area contributed by atoms with Crippen LogP contribution in [-0.4, -0.2) is 58.6 Å². The van der Waals surface area contributed by atoms with Crippen molar-refractivity contribution in [2.24, 2.45) is 0 Å². The molecule has 1 aromatic heterocycles. The fourth-order valence-electron chi connectivity index (χ4n) is 4.05. The summed E-state index contributed by atoms with van der Waals surface area (Å²) in [6.07, 6.45) is 1.54. The lowest BCUT2D eigenvalue weighted by atomic mass is 10.1. The number of thiophene rings is 1. The van der Waals surface area contributed by atoms with Gasteiger partial charge in [-0.2, -0.15) is 0 Å². The van der Waals surface area contributed by atoms with Crippen molar-refractivity contribution >= 4 is 33.0 Å². The van der Waals surface area contributed by atoms with Crippen molar-refractivity contribution in [2.75, 3.05) is 43.7 Å². The second-order valence-corrected chi connectivity index (χ2v) is 10.9. The molecule has 7 nitrogen and oxygen atoms in total. The van der Waals surface area contributed by atoms with Gasteiger partial charge in [0.25, 0.3) is 15.9 Å². The predicted molar refractivity (Wildman–Crippen MR) is 139 cm³/mol. The molecule has 0 spiro atoms. The summed E-state index contributed by atoms with van der Waals surface area (Å²) in [7, 11) is -3.89. The molecule has 1 N–H and O–H groups in total. The van der Waals surface area contributed by atoms with Crippen LogP contribution in [-0.2, 0) is 14.8 Å². The van der Waals surface area contributed by atoms with E-state index in [1.165, 1.54) is 27.4 Å². The zero-order chi connectivity index (χ0) is 24.7. The normalized spacial score (nSPS) is 15.3. The first-order chi connectivity index (χ1) is 17.0. The number of para-hydroxylation sites is 1. The average molecular weight is 512 g/mol. The molecule has 9 heteroatoms. The first kappa shape index (κ1) is 25.1. The Morgan fingerprint density at radius 1 is 1.11 bits per heavy atom. The van der Waals surface area contributed by atoms with Crippen molar-refractivity contribution in [2.45, 2.75) is 10.9 Å². The molecule has 0 bridgehead atoms. The van der Waals surface area contributed by atoms with Gasteiger partial charge in [-0.15, -0.1) is 17.9 Å². The van der Waals surface area contributed by atoms with Gasteiger partial charge in [0.1, 0.15) is 0 Å². The number of nitrogens with one attached hydrogen (secondary N) is 1. The summed E-state index contributed by atoms with van der Waals surface area (Å²) in [5.74, 6) is -0.313. The molecule has 1 saturated heterocycles. The molecule has 1 aliphatic heterocycles. The van der Waals surface area contributed by atoms with Crippen molar-refractivity contribution in [3.63, 3.8) is 0 Å². The summed E-state index contributed by atoms with van der Waals surface area (Å²) < 4.78 is 33.7. The maximum Gasteiger partial charge on any atom is 0.264 e. The number of rotatable bonds is 10. The molecule has 0 aliphatic carbocycles. The quantitative estimate of drug-likeness (QED) is 0.417. The smallest absolute Gasteiger partial charge is 0.264 e. The van der Waals surface area contributed by atoms with E-state index in [9.17, 15) is 13.2 Å². The molecular weight excluding hydrogens is 482 g/mol. The highest BCUT2D eigenvalue weighted by molar-refractivity contribution is 7.92. The van der Waals surface area contributed by atoms with Gasteiger partial charge in [-0.3, -0.25) is 14.0 Å². The van der Waals surface area contributed by atoms with E-state index in [2.05, 4.69) is 22.9 Å². The van der Waals surface area contributed by atoms with Crippen LogP contribution in [0.15, 0.2) is 89.7 Å². The van der Waals surface area contributed by atoms with Crippen molar-refractivity contribution in [1.82, 2.24) is 10.2 Å². The Morgan fingerprint density at radius 2 is 1.89 bits per heavy atom. The molecule has 1 fully saturated rings. The van der Waals surface area contributed by atoms with Gasteiger partial charge in [0.2, 0.25) is 0 Å². The Labute approximate surface area is 210 Å². The van der Waals surface area contributed by atoms with Crippen molar-refractivity contribution in [3.05, 3.63) is 95.2 Å². The molecule has 2 aromatic carbocycles. The largest absolute Gasteiger partial charge is 0.379 e. The molecule has 2 heterocycles. The average Bonchev–Trinajstić information content (AvgIpc) is 3.43. The Kier molecular flexibility index (Phi) is 8.35. The molecule has 184 valence electrons.